The van der Waals surface area contributed by atoms with Crippen molar-refractivity contribution < 1.29 is 9.57 Å². The fourth-order valence-electron chi connectivity index (χ4n) is 4.65. The summed E-state index contributed by atoms with van der Waals surface area (Å²) in [6.45, 7) is 3.28. The van der Waals surface area contributed by atoms with Crippen LogP contribution in [0.25, 0.3) is 0 Å². The Morgan fingerprint density at radius 2 is 2.03 bits per heavy atom. The van der Waals surface area contributed by atoms with Crippen molar-refractivity contribution in [1.29, 1.82) is 5.41 Å². The molecule has 8 heteroatoms. The van der Waals surface area contributed by atoms with Gasteiger partial charge in [0.1, 0.15) is 11.7 Å². The van der Waals surface area contributed by atoms with Gasteiger partial charge in [-0.15, -0.1) is 0 Å². The summed E-state index contributed by atoms with van der Waals surface area (Å²) in [7, 11) is 1.77. The number of piperidine rings is 1. The molecule has 2 aliphatic carbocycles. The first-order valence-corrected chi connectivity index (χ1v) is 11.4. The van der Waals surface area contributed by atoms with Crippen LogP contribution in [0, 0.1) is 11.3 Å². The number of nitrogens with two attached hydrogens (primary N) is 1. The fraction of sp³-hybridized carbons (Fsp3) is 0.727. The van der Waals surface area contributed by atoms with E-state index < -0.39 is 0 Å². The molecule has 1 saturated heterocycles. The molecule has 5 N–H and O–H groups in total. The van der Waals surface area contributed by atoms with Gasteiger partial charge in [-0.2, -0.15) is 4.99 Å². The van der Waals surface area contributed by atoms with Crippen LogP contribution in [-0.4, -0.2) is 55.0 Å². The van der Waals surface area contributed by atoms with Crippen LogP contribution in [-0.2, 0) is 9.57 Å². The lowest BCUT2D eigenvalue weighted by atomic mass is 9.92. The summed E-state index contributed by atoms with van der Waals surface area (Å²) in [5, 5.41) is 12.7. The molecule has 2 heterocycles. The summed E-state index contributed by atoms with van der Waals surface area (Å²) >= 11 is 0. The van der Waals surface area contributed by atoms with Gasteiger partial charge in [0.2, 0.25) is 0 Å². The van der Waals surface area contributed by atoms with Gasteiger partial charge >= 0.3 is 0 Å². The molecular weight excluding hydrogens is 380 g/mol. The smallest absolute Gasteiger partial charge is 0.258 e. The number of nitrogens with zero attached hydrogens (tertiary/aromatic N) is 2. The molecule has 2 atom stereocenters. The zero-order valence-electron chi connectivity index (χ0n) is 18.2. The first-order chi connectivity index (χ1) is 14.5. The van der Waals surface area contributed by atoms with Crippen LogP contribution in [0.4, 0.5) is 0 Å². The van der Waals surface area contributed by atoms with E-state index >= 15 is 0 Å². The Balaban J connectivity index is 1.45. The number of likely N-dealkylation sites (tertiary alicyclic amines) is 1. The number of rotatable bonds is 6. The highest BCUT2D eigenvalue weighted by Gasteiger charge is 2.35. The predicted molar refractivity (Wildman–Crippen MR) is 118 cm³/mol. The van der Waals surface area contributed by atoms with Gasteiger partial charge in [0.25, 0.3) is 5.88 Å². The normalized spacial score (nSPS) is 29.9. The molecule has 0 aromatic carbocycles. The summed E-state index contributed by atoms with van der Waals surface area (Å²) < 4.78 is 5.84. The van der Waals surface area contributed by atoms with Gasteiger partial charge in [0.15, 0.2) is 0 Å². The lowest BCUT2D eigenvalue weighted by Crippen LogP contribution is -2.57. The first kappa shape index (κ1) is 21.2. The zero-order chi connectivity index (χ0) is 21.1. The van der Waals surface area contributed by atoms with Crippen molar-refractivity contribution in [3.8, 4) is 0 Å². The van der Waals surface area contributed by atoms with Crippen LogP contribution in [0.1, 0.15) is 58.3 Å². The second kappa shape index (κ2) is 9.39. The minimum absolute atomic E-state index is 0.0448. The number of allylic oxidation sites excluding steroid dienone is 1. The van der Waals surface area contributed by atoms with E-state index in [-0.39, 0.29) is 6.10 Å². The number of amidine groups is 2. The van der Waals surface area contributed by atoms with Crippen LogP contribution >= 0.6 is 0 Å². The number of methoxy groups -OCH3 is 1. The molecule has 0 radical (unpaired) electrons. The van der Waals surface area contributed by atoms with Crippen LogP contribution in [0.3, 0.4) is 0 Å². The SMILES string of the molecule is CO[C@H]1CN(C(=N)C(/C=C(/C)N)=C2\N=C(C3CC3)NO2)CC[C@H]1NC1CCCCC1. The molecule has 0 aromatic heterocycles. The van der Waals surface area contributed by atoms with Crippen LogP contribution in [0.5, 0.6) is 0 Å². The average molecular weight is 417 g/mol. The van der Waals surface area contributed by atoms with Gasteiger partial charge < -0.3 is 25.5 Å². The lowest BCUT2D eigenvalue weighted by molar-refractivity contribution is 0.0203. The van der Waals surface area contributed by atoms with E-state index in [1.807, 2.05) is 6.92 Å². The predicted octanol–water partition coefficient (Wildman–Crippen LogP) is 2.39. The van der Waals surface area contributed by atoms with E-state index in [4.69, 9.17) is 20.7 Å². The molecule has 0 bridgehead atoms. The second-order valence-electron chi connectivity index (χ2n) is 9.05. The number of aliphatic imine (C=N–C) groups is 1. The van der Waals surface area contributed by atoms with Gasteiger partial charge in [-0.05, 0) is 45.1 Å². The van der Waals surface area contributed by atoms with Crippen LogP contribution in [0.15, 0.2) is 28.2 Å². The van der Waals surface area contributed by atoms with Crippen LogP contribution < -0.4 is 16.5 Å². The maximum absolute atomic E-state index is 8.89. The number of nitrogens with one attached hydrogen (secondary N) is 3. The number of ether oxygens (including phenoxy) is 1. The Morgan fingerprint density at radius 3 is 2.70 bits per heavy atom. The molecule has 2 saturated carbocycles. The Morgan fingerprint density at radius 1 is 1.27 bits per heavy atom. The zero-order valence-corrected chi connectivity index (χ0v) is 18.2. The third-order valence-electron chi connectivity index (χ3n) is 6.53. The quantitative estimate of drug-likeness (QED) is 0.391. The van der Waals surface area contributed by atoms with E-state index in [1.54, 1.807) is 13.2 Å². The Labute approximate surface area is 179 Å². The standard InChI is InChI=1S/C22H36N6O2/c1-14(23)12-17(22-26-21(27-30-22)15-8-9-15)20(24)28-11-10-18(19(13-28)29-2)25-16-6-4-3-5-7-16/h12,15-16,18-19,24-25H,3-11,13,23H2,1-2H3,(H,26,27)/b14-12-,22-17+,24-20?/t18-,19+/m1/s1. The molecule has 0 aromatic rings. The molecule has 2 aliphatic heterocycles. The van der Waals surface area contributed by atoms with E-state index in [2.05, 4.69) is 20.7 Å². The van der Waals surface area contributed by atoms with Crippen molar-refractivity contribution in [3.05, 3.63) is 23.2 Å². The average Bonchev–Trinajstić information content (AvgIpc) is 3.49. The molecule has 8 nitrogen and oxygen atoms in total. The fourth-order valence-corrected chi connectivity index (χ4v) is 4.65. The molecular formula is C22H36N6O2. The highest BCUT2D eigenvalue weighted by Crippen LogP contribution is 2.33. The summed E-state index contributed by atoms with van der Waals surface area (Å²) in [5.74, 6) is 2.14. The topological polar surface area (TPSA) is 108 Å². The monoisotopic (exact) mass is 416 g/mol. The van der Waals surface area contributed by atoms with Gasteiger partial charge in [0.05, 0.1) is 11.7 Å². The summed E-state index contributed by atoms with van der Waals surface area (Å²) in [6, 6.07) is 0.926. The largest absolute Gasteiger partial charge is 0.402 e. The van der Waals surface area contributed by atoms with E-state index in [9.17, 15) is 0 Å². The maximum atomic E-state index is 8.89. The third kappa shape index (κ3) is 4.98. The molecule has 4 rings (SSSR count). The molecule has 4 aliphatic rings. The van der Waals surface area contributed by atoms with Crippen molar-refractivity contribution in [3.63, 3.8) is 0 Å². The molecule has 0 amide bonds. The highest BCUT2D eigenvalue weighted by atomic mass is 16.7. The van der Waals surface area contributed by atoms with Crippen molar-refractivity contribution in [2.75, 3.05) is 20.2 Å². The maximum Gasteiger partial charge on any atom is 0.258 e. The van der Waals surface area contributed by atoms with Gasteiger partial charge in [-0.3, -0.25) is 5.41 Å². The minimum Gasteiger partial charge on any atom is -0.402 e. The van der Waals surface area contributed by atoms with Crippen LogP contribution in [0.2, 0.25) is 0 Å². The first-order valence-electron chi connectivity index (χ1n) is 11.4. The van der Waals surface area contributed by atoms with E-state index in [1.165, 1.54) is 32.1 Å². The van der Waals surface area contributed by atoms with E-state index in [0.29, 0.717) is 47.5 Å². The Bertz CT molecular complexity index is 732. The Hall–Kier alpha value is -2.06. The van der Waals surface area contributed by atoms with Crippen molar-refractivity contribution >= 4 is 11.7 Å². The molecule has 0 unspecified atom stereocenters. The lowest BCUT2D eigenvalue weighted by Gasteiger charge is -2.41. The number of hydrogen-bond acceptors (Lipinski definition) is 7. The number of hydrogen-bond donors (Lipinski definition) is 4. The van der Waals surface area contributed by atoms with Gasteiger partial charge in [0, 0.05) is 43.9 Å². The van der Waals surface area contributed by atoms with Gasteiger partial charge in [-0.25, -0.2) is 5.48 Å². The Kier molecular flexibility index (Phi) is 6.63. The minimum atomic E-state index is 0.0448. The van der Waals surface area contributed by atoms with Gasteiger partial charge in [-0.1, -0.05) is 19.3 Å². The summed E-state index contributed by atoms with van der Waals surface area (Å²) in [5.41, 5.74) is 10.1. The van der Waals surface area contributed by atoms with Crippen molar-refractivity contribution in [2.24, 2.45) is 16.6 Å². The molecule has 0 spiro atoms. The molecule has 166 valence electrons. The number of hydroxylamine groups is 1. The summed E-state index contributed by atoms with van der Waals surface area (Å²) in [6.07, 6.45) is 11.6. The summed E-state index contributed by atoms with van der Waals surface area (Å²) in [4.78, 5) is 12.3. The van der Waals surface area contributed by atoms with E-state index in [0.717, 1.165) is 31.6 Å². The second-order valence-corrected chi connectivity index (χ2v) is 9.05. The molecule has 3 fully saturated rings. The van der Waals surface area contributed by atoms with Crippen molar-refractivity contribution in [2.45, 2.75) is 76.5 Å². The molecule has 30 heavy (non-hydrogen) atoms. The third-order valence-corrected chi connectivity index (χ3v) is 6.53. The van der Waals surface area contributed by atoms with Crippen molar-refractivity contribution in [1.82, 2.24) is 15.7 Å². The highest BCUT2D eigenvalue weighted by molar-refractivity contribution is 6.00.